The third-order valence-electron chi connectivity index (χ3n) is 4.57. The third kappa shape index (κ3) is 8.02. The van der Waals surface area contributed by atoms with Gasteiger partial charge >= 0.3 is 0 Å². The number of ether oxygens (including phenoxy) is 1. The van der Waals surface area contributed by atoms with Crippen LogP contribution in [0, 0.1) is 13.8 Å². The third-order valence-corrected chi connectivity index (χ3v) is 5.11. The van der Waals surface area contributed by atoms with E-state index >= 15 is 0 Å². The molecule has 0 unspecified atom stereocenters. The van der Waals surface area contributed by atoms with E-state index < -0.39 is 0 Å². The number of rotatable bonds is 6. The average molecular weight is 462 g/mol. The van der Waals surface area contributed by atoms with Crippen LogP contribution in [0.5, 0.6) is 0 Å². The van der Waals surface area contributed by atoms with Crippen molar-refractivity contribution in [1.29, 1.82) is 0 Å². The second-order valence-electron chi connectivity index (χ2n) is 7.20. The van der Waals surface area contributed by atoms with Gasteiger partial charge in [0.15, 0.2) is 5.11 Å². The fourth-order valence-corrected chi connectivity index (χ4v) is 3.52. The van der Waals surface area contributed by atoms with Crippen LogP contribution in [-0.4, -0.2) is 65.3 Å². The Bertz CT molecular complexity index is 898. The number of nitrogens with one attached hydrogen (secondary N) is 3. The average Bonchev–Trinajstić information content (AvgIpc) is 2.73. The molecule has 0 radical (unpaired) electrons. The summed E-state index contributed by atoms with van der Waals surface area (Å²) < 4.78 is 5.40. The molecule has 3 N–H and O–H groups in total. The molecule has 1 aromatic heterocycles. The first kappa shape index (κ1) is 23.3. The zero-order valence-electron chi connectivity index (χ0n) is 17.8. The van der Waals surface area contributed by atoms with Crippen molar-refractivity contribution in [2.24, 2.45) is 4.99 Å². The zero-order valence-corrected chi connectivity index (χ0v) is 19.4. The van der Waals surface area contributed by atoms with Crippen LogP contribution in [0.1, 0.15) is 17.8 Å². The number of guanidine groups is 1. The van der Waals surface area contributed by atoms with Gasteiger partial charge in [-0.1, -0.05) is 23.7 Å². The maximum absolute atomic E-state index is 6.22. The lowest BCUT2D eigenvalue weighted by Crippen LogP contribution is -2.39. The van der Waals surface area contributed by atoms with Crippen LogP contribution in [-0.2, 0) is 4.74 Å². The molecule has 166 valence electrons. The number of anilines is 2. The number of aliphatic imine (C=N–C) groups is 1. The maximum Gasteiger partial charge on any atom is 0.229 e. The topological polar surface area (TPSA) is 86.7 Å². The number of hydrogen-bond acceptors (Lipinski definition) is 6. The minimum Gasteiger partial charge on any atom is -0.379 e. The molecule has 1 aliphatic rings. The van der Waals surface area contributed by atoms with Crippen molar-refractivity contribution < 1.29 is 4.74 Å². The molecule has 0 atom stereocenters. The summed E-state index contributed by atoms with van der Waals surface area (Å²) >= 11 is 11.7. The Hall–Kier alpha value is -2.33. The summed E-state index contributed by atoms with van der Waals surface area (Å²) in [6.07, 6.45) is 0.922. The Kier molecular flexibility index (Phi) is 8.96. The Labute approximate surface area is 193 Å². The highest BCUT2D eigenvalue weighted by atomic mass is 35.5. The molecule has 0 saturated carbocycles. The first-order valence-corrected chi connectivity index (χ1v) is 11.0. The van der Waals surface area contributed by atoms with Gasteiger partial charge in [0, 0.05) is 37.6 Å². The standard InChI is InChI=1S/C21H28ClN7OS/c1-15-14-16(2)25-20(24-15)27-19(23-8-5-9-29-10-12-30-13-11-29)28-21(31)26-18-7-4-3-6-17(18)22/h3-4,6-7,14H,5,8-13H2,1-2H3,(H3,23,24,25,26,27,28,31). The van der Waals surface area contributed by atoms with Gasteiger partial charge < -0.3 is 15.4 Å². The van der Waals surface area contributed by atoms with Crippen LogP contribution in [0.15, 0.2) is 35.3 Å². The van der Waals surface area contributed by atoms with Crippen LogP contribution in [0.3, 0.4) is 0 Å². The molecular formula is C21H28ClN7OS. The number of thiocarbonyl (C=S) groups is 1. The molecule has 0 aliphatic carbocycles. The molecule has 31 heavy (non-hydrogen) atoms. The normalized spacial score (nSPS) is 14.9. The van der Waals surface area contributed by atoms with Gasteiger partial charge in [-0.3, -0.25) is 15.2 Å². The Morgan fingerprint density at radius 2 is 1.87 bits per heavy atom. The van der Waals surface area contributed by atoms with E-state index in [4.69, 9.17) is 28.6 Å². The quantitative estimate of drug-likeness (QED) is 0.261. The predicted molar refractivity (Wildman–Crippen MR) is 130 cm³/mol. The minimum absolute atomic E-state index is 0.372. The highest BCUT2D eigenvalue weighted by molar-refractivity contribution is 7.80. The van der Waals surface area contributed by atoms with Crippen LogP contribution < -0.4 is 16.0 Å². The second kappa shape index (κ2) is 11.9. The number of halogens is 1. The van der Waals surface area contributed by atoms with Crippen LogP contribution >= 0.6 is 23.8 Å². The van der Waals surface area contributed by atoms with Crippen LogP contribution in [0.25, 0.3) is 0 Å². The number of benzene rings is 1. The van der Waals surface area contributed by atoms with E-state index in [1.165, 1.54) is 0 Å². The SMILES string of the molecule is Cc1cc(C)nc(NC(=NCCCN2CCOCC2)NC(=S)Nc2ccccc2Cl)n1. The van der Waals surface area contributed by atoms with Gasteiger partial charge in [0.05, 0.1) is 23.9 Å². The fourth-order valence-electron chi connectivity index (χ4n) is 3.13. The largest absolute Gasteiger partial charge is 0.379 e. The van der Waals surface area contributed by atoms with E-state index in [1.54, 1.807) is 6.07 Å². The molecule has 0 bridgehead atoms. The van der Waals surface area contributed by atoms with Crippen molar-refractivity contribution >= 4 is 46.5 Å². The highest BCUT2D eigenvalue weighted by Gasteiger charge is 2.11. The van der Waals surface area contributed by atoms with Crippen molar-refractivity contribution in [2.45, 2.75) is 20.3 Å². The fraction of sp³-hybridized carbons (Fsp3) is 0.429. The summed E-state index contributed by atoms with van der Waals surface area (Å²) in [6, 6.07) is 9.33. The lowest BCUT2D eigenvalue weighted by molar-refractivity contribution is 0.0377. The maximum atomic E-state index is 6.22. The molecule has 1 saturated heterocycles. The second-order valence-corrected chi connectivity index (χ2v) is 8.01. The monoisotopic (exact) mass is 461 g/mol. The summed E-state index contributed by atoms with van der Waals surface area (Å²) in [7, 11) is 0. The lowest BCUT2D eigenvalue weighted by atomic mass is 10.3. The van der Waals surface area contributed by atoms with Gasteiger partial charge in [-0.05, 0) is 50.7 Å². The van der Waals surface area contributed by atoms with Crippen molar-refractivity contribution in [3.05, 3.63) is 46.7 Å². The molecule has 2 aromatic rings. The van der Waals surface area contributed by atoms with E-state index in [1.807, 2.05) is 38.1 Å². The van der Waals surface area contributed by atoms with Gasteiger partial charge in [-0.15, -0.1) is 0 Å². The number of aromatic nitrogens is 2. The Morgan fingerprint density at radius 1 is 1.16 bits per heavy atom. The van der Waals surface area contributed by atoms with E-state index in [-0.39, 0.29) is 0 Å². The van der Waals surface area contributed by atoms with Crippen molar-refractivity contribution in [2.75, 3.05) is 50.0 Å². The molecule has 1 fully saturated rings. The van der Waals surface area contributed by atoms with Gasteiger partial charge in [0.25, 0.3) is 0 Å². The number of hydrogen-bond donors (Lipinski definition) is 3. The van der Waals surface area contributed by atoms with Crippen molar-refractivity contribution in [1.82, 2.24) is 20.2 Å². The molecule has 8 nitrogen and oxygen atoms in total. The van der Waals surface area contributed by atoms with Crippen molar-refractivity contribution in [3.63, 3.8) is 0 Å². The van der Waals surface area contributed by atoms with Crippen LogP contribution in [0.4, 0.5) is 11.6 Å². The molecule has 1 aromatic carbocycles. The highest BCUT2D eigenvalue weighted by Crippen LogP contribution is 2.20. The lowest BCUT2D eigenvalue weighted by Gasteiger charge is -2.26. The first-order chi connectivity index (χ1) is 15.0. The number of aryl methyl sites for hydroxylation is 2. The number of nitrogens with zero attached hydrogens (tertiary/aromatic N) is 4. The summed E-state index contributed by atoms with van der Waals surface area (Å²) in [4.78, 5) is 15.9. The predicted octanol–water partition coefficient (Wildman–Crippen LogP) is 3.22. The molecule has 1 aliphatic heterocycles. The van der Waals surface area contributed by atoms with Crippen molar-refractivity contribution in [3.8, 4) is 0 Å². The molecule has 3 rings (SSSR count). The number of morpholine rings is 1. The van der Waals surface area contributed by atoms with E-state index in [0.29, 0.717) is 28.6 Å². The summed E-state index contributed by atoms with van der Waals surface area (Å²) in [5.74, 6) is 0.953. The minimum atomic E-state index is 0.372. The molecule has 0 spiro atoms. The van der Waals surface area contributed by atoms with Gasteiger partial charge in [-0.25, -0.2) is 9.97 Å². The van der Waals surface area contributed by atoms with E-state index in [0.717, 1.165) is 56.3 Å². The molecular weight excluding hydrogens is 434 g/mol. The van der Waals surface area contributed by atoms with Gasteiger partial charge in [0.2, 0.25) is 11.9 Å². The zero-order chi connectivity index (χ0) is 22.1. The van der Waals surface area contributed by atoms with E-state index in [9.17, 15) is 0 Å². The summed E-state index contributed by atoms with van der Waals surface area (Å²) in [6.45, 7) is 8.98. The summed E-state index contributed by atoms with van der Waals surface area (Å²) in [5.41, 5.74) is 2.47. The first-order valence-electron chi connectivity index (χ1n) is 10.3. The Balaban J connectivity index is 1.63. The van der Waals surface area contributed by atoms with Gasteiger partial charge in [-0.2, -0.15) is 0 Å². The Morgan fingerprint density at radius 3 is 2.58 bits per heavy atom. The molecule has 2 heterocycles. The molecule has 10 heteroatoms. The van der Waals surface area contributed by atoms with Crippen LogP contribution in [0.2, 0.25) is 5.02 Å². The summed E-state index contributed by atoms with van der Waals surface area (Å²) in [5, 5.41) is 10.3. The molecule has 0 amide bonds. The van der Waals surface area contributed by atoms with E-state index in [2.05, 4.69) is 35.8 Å². The van der Waals surface area contributed by atoms with Gasteiger partial charge in [0.1, 0.15) is 0 Å². The smallest absolute Gasteiger partial charge is 0.229 e. The number of para-hydroxylation sites is 1.